The molecule has 6 rings (SSSR count). The summed E-state index contributed by atoms with van der Waals surface area (Å²) in [5.41, 5.74) is 5.59. The number of aromatic nitrogens is 1. The Labute approximate surface area is 277 Å². The molecule has 1 aliphatic rings. The molecular weight excluding hydrogens is 611 g/mol. The summed E-state index contributed by atoms with van der Waals surface area (Å²) in [6, 6.07) is 35.7. The summed E-state index contributed by atoms with van der Waals surface area (Å²) in [5, 5.41) is 2.67. The molecular formula is C38H31N3O5S. The number of ether oxygens (including phenoxy) is 2. The molecule has 1 aromatic heterocycles. The summed E-state index contributed by atoms with van der Waals surface area (Å²) in [5.74, 6) is -0.976. The number of anilines is 1. The first kappa shape index (κ1) is 31.2. The lowest BCUT2D eigenvalue weighted by atomic mass is 10.0. The average Bonchev–Trinajstić information content (AvgIpc) is 3.47. The van der Waals surface area contributed by atoms with Crippen LogP contribution in [0.3, 0.4) is 0 Å². The molecule has 1 N–H and O–H groups in total. The molecule has 1 aliphatic heterocycles. The summed E-state index contributed by atoms with van der Waals surface area (Å²) in [7, 11) is 0. The summed E-state index contributed by atoms with van der Waals surface area (Å²) in [4.78, 5) is 41.2. The van der Waals surface area contributed by atoms with Gasteiger partial charge in [-0.3, -0.25) is 19.8 Å². The molecule has 0 aliphatic carbocycles. The van der Waals surface area contributed by atoms with Crippen molar-refractivity contribution >= 4 is 46.9 Å². The molecule has 234 valence electrons. The van der Waals surface area contributed by atoms with Crippen molar-refractivity contribution in [1.29, 1.82) is 0 Å². The smallest absolute Gasteiger partial charge is 0.338 e. The summed E-state index contributed by atoms with van der Waals surface area (Å²) >= 11 is 5.46. The average molecular weight is 642 g/mol. The van der Waals surface area contributed by atoms with Crippen molar-refractivity contribution < 1.29 is 23.9 Å². The number of hydrogen-bond donors (Lipinski definition) is 1. The lowest BCUT2D eigenvalue weighted by Crippen LogP contribution is -2.54. The van der Waals surface area contributed by atoms with Gasteiger partial charge in [-0.1, -0.05) is 66.7 Å². The first-order valence-electron chi connectivity index (χ1n) is 15.2. The van der Waals surface area contributed by atoms with Crippen LogP contribution in [0.25, 0.3) is 34.3 Å². The Morgan fingerprint density at radius 3 is 2.13 bits per heavy atom. The summed E-state index contributed by atoms with van der Waals surface area (Å²) < 4.78 is 12.9. The second kappa shape index (κ2) is 13.7. The summed E-state index contributed by atoms with van der Waals surface area (Å²) in [6.07, 6.45) is 1.61. The molecule has 0 radical (unpaired) electrons. The molecule has 2 heterocycles. The van der Waals surface area contributed by atoms with Crippen molar-refractivity contribution in [2.75, 3.05) is 18.1 Å². The first-order chi connectivity index (χ1) is 22.9. The van der Waals surface area contributed by atoms with Crippen LogP contribution < -0.4 is 15.0 Å². The van der Waals surface area contributed by atoms with Gasteiger partial charge in [-0.2, -0.15) is 0 Å². The maximum absolute atomic E-state index is 14.1. The fraction of sp³-hybridized carbons (Fsp3) is 0.105. The standard InChI is InChI=1S/C38H31N3O5S/c1-3-45-31-17-11-16-30(24-31)41-36(43)32(35(42)39-38(41)47)22-28-23-33(25-12-7-5-8-13-25)40(34(28)26-14-9-6-10-15-26)29-20-18-27(19-21-29)37(44)46-4-2/h5-24H,3-4H2,1-2H3,(H,39,42,47). The second-order valence-electron chi connectivity index (χ2n) is 10.6. The Balaban J connectivity index is 1.55. The number of thiocarbonyl (C=S) groups is 1. The van der Waals surface area contributed by atoms with E-state index in [1.165, 1.54) is 4.90 Å². The van der Waals surface area contributed by atoms with Crippen LogP contribution in [0, 0.1) is 0 Å². The van der Waals surface area contributed by atoms with Gasteiger partial charge in [0.05, 0.1) is 35.9 Å². The van der Waals surface area contributed by atoms with E-state index in [4.69, 9.17) is 21.7 Å². The van der Waals surface area contributed by atoms with Gasteiger partial charge in [-0.15, -0.1) is 0 Å². The van der Waals surface area contributed by atoms with Crippen LogP contribution in [0.1, 0.15) is 29.8 Å². The monoisotopic (exact) mass is 641 g/mol. The Bertz CT molecular complexity index is 2000. The predicted molar refractivity (Wildman–Crippen MR) is 186 cm³/mol. The van der Waals surface area contributed by atoms with Crippen molar-refractivity contribution in [3.8, 4) is 34.0 Å². The zero-order chi connectivity index (χ0) is 32.9. The zero-order valence-electron chi connectivity index (χ0n) is 25.8. The predicted octanol–water partition coefficient (Wildman–Crippen LogP) is 7.22. The molecule has 0 atom stereocenters. The van der Waals surface area contributed by atoms with Crippen LogP contribution >= 0.6 is 12.2 Å². The molecule has 5 aromatic rings. The van der Waals surface area contributed by atoms with E-state index in [1.807, 2.05) is 85.8 Å². The van der Waals surface area contributed by atoms with Gasteiger partial charge in [0, 0.05) is 17.3 Å². The molecule has 0 spiro atoms. The first-order valence-corrected chi connectivity index (χ1v) is 15.6. The maximum atomic E-state index is 14.1. The number of carbonyl (C=O) groups excluding carboxylic acids is 3. The van der Waals surface area contributed by atoms with Gasteiger partial charge in [-0.25, -0.2) is 4.79 Å². The molecule has 4 aromatic carbocycles. The second-order valence-corrected chi connectivity index (χ2v) is 10.9. The minimum Gasteiger partial charge on any atom is -0.494 e. The van der Waals surface area contributed by atoms with Gasteiger partial charge < -0.3 is 14.0 Å². The van der Waals surface area contributed by atoms with Crippen molar-refractivity contribution in [1.82, 2.24) is 9.88 Å². The minimum atomic E-state index is -0.593. The van der Waals surface area contributed by atoms with Gasteiger partial charge in [-0.05, 0) is 85.7 Å². The van der Waals surface area contributed by atoms with Gasteiger partial charge in [0.1, 0.15) is 11.3 Å². The SMILES string of the molecule is CCOC(=O)c1ccc(-n2c(-c3ccccc3)cc(C=C3C(=O)NC(=S)N(c4cccc(OCC)c4)C3=O)c2-c2ccccc2)cc1. The van der Waals surface area contributed by atoms with Gasteiger partial charge in [0.25, 0.3) is 11.8 Å². The zero-order valence-corrected chi connectivity index (χ0v) is 26.6. The van der Waals surface area contributed by atoms with E-state index in [-0.39, 0.29) is 17.3 Å². The largest absolute Gasteiger partial charge is 0.494 e. The molecule has 1 saturated heterocycles. The van der Waals surface area contributed by atoms with Crippen molar-refractivity contribution in [2.45, 2.75) is 13.8 Å². The number of benzene rings is 4. The minimum absolute atomic E-state index is 0.0154. The molecule has 1 fully saturated rings. The quantitative estimate of drug-likeness (QED) is 0.0792. The Kier molecular flexibility index (Phi) is 9.08. The highest BCUT2D eigenvalue weighted by molar-refractivity contribution is 7.80. The molecule has 47 heavy (non-hydrogen) atoms. The highest BCUT2D eigenvalue weighted by Crippen LogP contribution is 2.38. The van der Waals surface area contributed by atoms with Crippen molar-refractivity contribution in [3.05, 3.63) is 132 Å². The van der Waals surface area contributed by atoms with E-state index in [0.29, 0.717) is 29.2 Å². The Hall–Kier alpha value is -5.80. The van der Waals surface area contributed by atoms with E-state index in [1.54, 1.807) is 49.4 Å². The third-order valence-corrected chi connectivity index (χ3v) is 7.86. The van der Waals surface area contributed by atoms with Crippen LogP contribution in [-0.2, 0) is 14.3 Å². The molecule has 9 heteroatoms. The number of hydrogen-bond acceptors (Lipinski definition) is 6. The van der Waals surface area contributed by atoms with Crippen LogP contribution in [0.2, 0.25) is 0 Å². The van der Waals surface area contributed by atoms with Gasteiger partial charge in [0.15, 0.2) is 5.11 Å². The van der Waals surface area contributed by atoms with Gasteiger partial charge in [0.2, 0.25) is 0 Å². The van der Waals surface area contributed by atoms with Gasteiger partial charge >= 0.3 is 5.97 Å². The number of nitrogens with one attached hydrogen (secondary N) is 1. The van der Waals surface area contributed by atoms with Crippen LogP contribution in [0.4, 0.5) is 5.69 Å². The van der Waals surface area contributed by atoms with Crippen molar-refractivity contribution in [2.24, 2.45) is 0 Å². The lowest BCUT2D eigenvalue weighted by Gasteiger charge is -2.29. The third kappa shape index (κ3) is 6.34. The normalized spacial score (nSPS) is 13.9. The summed E-state index contributed by atoms with van der Waals surface area (Å²) in [6.45, 7) is 4.37. The Morgan fingerprint density at radius 2 is 1.47 bits per heavy atom. The fourth-order valence-electron chi connectivity index (χ4n) is 5.51. The lowest BCUT2D eigenvalue weighted by molar-refractivity contribution is -0.122. The molecule has 0 bridgehead atoms. The van der Waals surface area contributed by atoms with E-state index in [2.05, 4.69) is 9.88 Å². The highest BCUT2D eigenvalue weighted by atomic mass is 32.1. The van der Waals surface area contributed by atoms with Crippen LogP contribution in [0.15, 0.2) is 121 Å². The number of amides is 2. The van der Waals surface area contributed by atoms with E-state index < -0.39 is 17.8 Å². The fourth-order valence-corrected chi connectivity index (χ4v) is 5.79. The third-order valence-electron chi connectivity index (χ3n) is 7.57. The van der Waals surface area contributed by atoms with Crippen LogP contribution in [-0.4, -0.2) is 40.7 Å². The number of rotatable bonds is 9. The highest BCUT2D eigenvalue weighted by Gasteiger charge is 2.35. The number of nitrogens with zero attached hydrogens (tertiary/aromatic N) is 2. The van der Waals surface area contributed by atoms with Crippen LogP contribution in [0.5, 0.6) is 5.75 Å². The molecule has 8 nitrogen and oxygen atoms in total. The molecule has 2 amide bonds. The van der Waals surface area contributed by atoms with E-state index in [0.717, 1.165) is 28.2 Å². The molecule has 0 unspecified atom stereocenters. The number of esters is 1. The maximum Gasteiger partial charge on any atom is 0.338 e. The van der Waals surface area contributed by atoms with Crippen molar-refractivity contribution in [3.63, 3.8) is 0 Å². The topological polar surface area (TPSA) is 89.9 Å². The van der Waals surface area contributed by atoms with E-state index >= 15 is 0 Å². The molecule has 0 saturated carbocycles. The number of carbonyl (C=O) groups is 3. The Morgan fingerprint density at radius 1 is 0.787 bits per heavy atom. The van der Waals surface area contributed by atoms with E-state index in [9.17, 15) is 14.4 Å².